The van der Waals surface area contributed by atoms with E-state index in [4.69, 9.17) is 5.11 Å². The number of urea groups is 1. The lowest BCUT2D eigenvalue weighted by Gasteiger charge is -2.30. The summed E-state index contributed by atoms with van der Waals surface area (Å²) in [6, 6.07) is 3.23. The summed E-state index contributed by atoms with van der Waals surface area (Å²) in [7, 11) is 1.09. The van der Waals surface area contributed by atoms with E-state index in [1.54, 1.807) is 0 Å². The molecule has 0 bridgehead atoms. The molecule has 0 aromatic heterocycles. The number of amides is 2. The third kappa shape index (κ3) is 3.41. The SMILES string of the molecule is CN(C(=O)NC(C)(C(=O)O)C(F)(F)F)c1cccc(F)c1. The van der Waals surface area contributed by atoms with Crippen molar-refractivity contribution in [2.45, 2.75) is 18.6 Å². The number of carbonyl (C=O) groups is 2. The zero-order valence-corrected chi connectivity index (χ0v) is 11.0. The summed E-state index contributed by atoms with van der Waals surface area (Å²) in [5.74, 6) is -2.94. The lowest BCUT2D eigenvalue weighted by Crippen LogP contribution is -2.63. The van der Waals surface area contributed by atoms with Gasteiger partial charge in [0.15, 0.2) is 0 Å². The normalized spacial score (nSPS) is 14.2. The summed E-state index contributed by atoms with van der Waals surface area (Å²) in [5, 5.41) is 10.1. The molecule has 0 heterocycles. The Balaban J connectivity index is 3.01. The second-order valence-electron chi connectivity index (χ2n) is 4.40. The highest BCUT2D eigenvalue weighted by Crippen LogP contribution is 2.30. The lowest BCUT2D eigenvalue weighted by atomic mass is 10.0. The van der Waals surface area contributed by atoms with Crippen LogP contribution in [-0.2, 0) is 4.79 Å². The molecule has 21 heavy (non-hydrogen) atoms. The quantitative estimate of drug-likeness (QED) is 0.842. The van der Waals surface area contributed by atoms with Gasteiger partial charge in [0.25, 0.3) is 0 Å². The topological polar surface area (TPSA) is 69.6 Å². The van der Waals surface area contributed by atoms with Crippen LogP contribution in [0.5, 0.6) is 0 Å². The highest BCUT2D eigenvalue weighted by molar-refractivity contribution is 5.95. The Morgan fingerprint density at radius 2 is 1.86 bits per heavy atom. The van der Waals surface area contributed by atoms with Crippen molar-refractivity contribution in [3.8, 4) is 0 Å². The summed E-state index contributed by atoms with van der Waals surface area (Å²) in [6.07, 6.45) is -5.20. The predicted octanol–water partition coefficient (Wildman–Crippen LogP) is 2.38. The summed E-state index contributed by atoms with van der Waals surface area (Å²) in [6.45, 7) is 0.326. The number of nitrogens with one attached hydrogen (secondary N) is 1. The maximum atomic E-state index is 13.0. The molecule has 2 N–H and O–H groups in total. The number of rotatable bonds is 3. The second kappa shape index (κ2) is 5.58. The smallest absolute Gasteiger partial charge is 0.422 e. The molecule has 0 aliphatic carbocycles. The standard InChI is InChI=1S/C12H12F4N2O3/c1-11(9(19)20,12(14,15)16)17-10(21)18(2)8-5-3-4-7(13)6-8/h3-6H,1-2H3,(H,17,21)(H,19,20). The summed E-state index contributed by atoms with van der Waals surface area (Å²) < 4.78 is 51.3. The fourth-order valence-corrected chi connectivity index (χ4v) is 1.35. The van der Waals surface area contributed by atoms with Crippen LogP contribution in [0, 0.1) is 5.82 Å². The first-order chi connectivity index (χ1) is 9.49. The minimum absolute atomic E-state index is 0.0255. The van der Waals surface area contributed by atoms with Crippen molar-refractivity contribution >= 4 is 17.7 Å². The molecule has 0 aliphatic rings. The molecule has 1 aromatic carbocycles. The first-order valence-electron chi connectivity index (χ1n) is 5.60. The van der Waals surface area contributed by atoms with Crippen molar-refractivity contribution in [3.63, 3.8) is 0 Å². The second-order valence-corrected chi connectivity index (χ2v) is 4.40. The van der Waals surface area contributed by atoms with Gasteiger partial charge in [-0.3, -0.25) is 4.90 Å². The van der Waals surface area contributed by atoms with Crippen LogP contribution in [0.25, 0.3) is 0 Å². The molecular formula is C12H12F4N2O3. The Morgan fingerprint density at radius 3 is 2.29 bits per heavy atom. The predicted molar refractivity (Wildman–Crippen MR) is 65.4 cm³/mol. The number of halogens is 4. The van der Waals surface area contributed by atoms with Crippen LogP contribution >= 0.6 is 0 Å². The molecule has 0 aliphatic heterocycles. The largest absolute Gasteiger partial charge is 0.479 e. The van der Waals surface area contributed by atoms with Crippen LogP contribution < -0.4 is 10.2 Å². The monoisotopic (exact) mass is 308 g/mol. The first kappa shape index (κ1) is 16.7. The van der Waals surface area contributed by atoms with Gasteiger partial charge in [-0.25, -0.2) is 14.0 Å². The zero-order chi connectivity index (χ0) is 16.4. The van der Waals surface area contributed by atoms with Gasteiger partial charge in [0.05, 0.1) is 0 Å². The van der Waals surface area contributed by atoms with Gasteiger partial charge in [0.2, 0.25) is 5.54 Å². The Bertz CT molecular complexity index is 562. The molecule has 1 aromatic rings. The van der Waals surface area contributed by atoms with Crippen molar-refractivity contribution in [2.75, 3.05) is 11.9 Å². The van der Waals surface area contributed by atoms with E-state index < -0.39 is 29.5 Å². The van der Waals surface area contributed by atoms with Crippen LogP contribution in [0.2, 0.25) is 0 Å². The summed E-state index contributed by atoms with van der Waals surface area (Å²) in [4.78, 5) is 23.2. The third-order valence-electron chi connectivity index (χ3n) is 2.85. The van der Waals surface area contributed by atoms with Gasteiger partial charge < -0.3 is 10.4 Å². The number of nitrogens with zero attached hydrogens (tertiary/aromatic N) is 1. The van der Waals surface area contributed by atoms with E-state index in [2.05, 4.69) is 0 Å². The Kier molecular flexibility index (Phi) is 4.45. The third-order valence-corrected chi connectivity index (χ3v) is 2.85. The maximum Gasteiger partial charge on any atom is 0.422 e. The van der Waals surface area contributed by atoms with Crippen molar-refractivity contribution in [1.29, 1.82) is 0 Å². The minimum Gasteiger partial charge on any atom is -0.479 e. The maximum absolute atomic E-state index is 13.0. The molecule has 0 radical (unpaired) electrons. The number of carboxylic acids is 1. The number of benzene rings is 1. The van der Waals surface area contributed by atoms with Gasteiger partial charge in [-0.15, -0.1) is 0 Å². The van der Waals surface area contributed by atoms with Gasteiger partial charge >= 0.3 is 18.2 Å². The number of alkyl halides is 3. The van der Waals surface area contributed by atoms with E-state index >= 15 is 0 Å². The molecule has 0 saturated carbocycles. The van der Waals surface area contributed by atoms with Crippen molar-refractivity contribution in [1.82, 2.24) is 5.32 Å². The molecule has 0 spiro atoms. The molecule has 1 rings (SSSR count). The van der Waals surface area contributed by atoms with Crippen LogP contribution in [-0.4, -0.2) is 35.9 Å². The fourth-order valence-electron chi connectivity index (χ4n) is 1.35. The Hall–Kier alpha value is -2.32. The average molecular weight is 308 g/mol. The minimum atomic E-state index is -5.20. The van der Waals surface area contributed by atoms with Crippen LogP contribution in [0.15, 0.2) is 24.3 Å². The number of hydrogen-bond acceptors (Lipinski definition) is 2. The number of aliphatic carboxylic acids is 1. The Labute approximate surface area is 117 Å². The van der Waals surface area contributed by atoms with Crippen LogP contribution in [0.4, 0.5) is 28.0 Å². The van der Waals surface area contributed by atoms with E-state index in [9.17, 15) is 27.2 Å². The van der Waals surface area contributed by atoms with Gasteiger partial charge in [0.1, 0.15) is 5.82 Å². The van der Waals surface area contributed by atoms with E-state index in [1.807, 2.05) is 0 Å². The molecule has 0 fully saturated rings. The van der Waals surface area contributed by atoms with Crippen molar-refractivity contribution in [3.05, 3.63) is 30.1 Å². The van der Waals surface area contributed by atoms with Gasteiger partial charge in [-0.05, 0) is 25.1 Å². The van der Waals surface area contributed by atoms with Crippen LogP contribution in [0.3, 0.4) is 0 Å². The molecule has 2 amide bonds. The van der Waals surface area contributed by atoms with Gasteiger partial charge in [-0.1, -0.05) is 6.07 Å². The molecular weight excluding hydrogens is 296 g/mol. The highest BCUT2D eigenvalue weighted by Gasteiger charge is 2.58. The highest BCUT2D eigenvalue weighted by atomic mass is 19.4. The number of anilines is 1. The van der Waals surface area contributed by atoms with Crippen molar-refractivity contribution in [2.24, 2.45) is 0 Å². The van der Waals surface area contributed by atoms with E-state index in [0.29, 0.717) is 11.8 Å². The number of carbonyl (C=O) groups excluding carboxylic acids is 1. The molecule has 5 nitrogen and oxygen atoms in total. The first-order valence-corrected chi connectivity index (χ1v) is 5.60. The van der Waals surface area contributed by atoms with E-state index in [0.717, 1.165) is 19.2 Å². The van der Waals surface area contributed by atoms with Crippen molar-refractivity contribution < 1.29 is 32.3 Å². The molecule has 116 valence electrons. The molecule has 0 saturated heterocycles. The lowest BCUT2D eigenvalue weighted by molar-refractivity contribution is -0.203. The number of hydrogen-bond donors (Lipinski definition) is 2. The fraction of sp³-hybridized carbons (Fsp3) is 0.333. The molecule has 1 unspecified atom stereocenters. The summed E-state index contributed by atoms with van der Waals surface area (Å²) in [5.41, 5.74) is -3.48. The van der Waals surface area contributed by atoms with Crippen LogP contribution in [0.1, 0.15) is 6.92 Å². The number of carboxylic acid groups (broad SMARTS) is 1. The summed E-state index contributed by atoms with van der Waals surface area (Å²) >= 11 is 0. The van der Waals surface area contributed by atoms with Gasteiger partial charge in [0, 0.05) is 12.7 Å². The zero-order valence-electron chi connectivity index (χ0n) is 11.0. The van der Waals surface area contributed by atoms with E-state index in [-0.39, 0.29) is 5.69 Å². The Morgan fingerprint density at radius 1 is 1.29 bits per heavy atom. The molecule has 1 atom stereocenters. The van der Waals surface area contributed by atoms with Gasteiger partial charge in [-0.2, -0.15) is 13.2 Å². The molecule has 9 heteroatoms. The average Bonchev–Trinajstić information content (AvgIpc) is 2.36. The van der Waals surface area contributed by atoms with E-state index in [1.165, 1.54) is 17.4 Å².